The van der Waals surface area contributed by atoms with E-state index in [4.69, 9.17) is 9.72 Å². The first-order valence-electron chi connectivity index (χ1n) is 27.6. The van der Waals surface area contributed by atoms with Gasteiger partial charge in [0.2, 0.25) is 0 Å². The molecule has 6 nitrogen and oxygen atoms in total. The Morgan fingerprint density at radius 2 is 1.05 bits per heavy atom. The van der Waals surface area contributed by atoms with Crippen molar-refractivity contribution in [1.82, 2.24) is 18.7 Å². The molecular formula is C73H65N5O. The number of para-hydroxylation sites is 5. The van der Waals surface area contributed by atoms with E-state index in [-0.39, 0.29) is 16.2 Å². The lowest BCUT2D eigenvalue weighted by molar-refractivity contribution is -0.571. The number of nitrogens with zero attached hydrogens (tertiary/aromatic N) is 5. The van der Waals surface area contributed by atoms with Gasteiger partial charge in [-0.25, -0.2) is 4.98 Å². The zero-order chi connectivity index (χ0) is 54.4. The van der Waals surface area contributed by atoms with Crippen LogP contribution in [0.25, 0.3) is 99.8 Å². The Labute approximate surface area is 463 Å². The first-order chi connectivity index (χ1) is 38.0. The second kappa shape index (κ2) is 18.9. The predicted octanol–water partition coefficient (Wildman–Crippen LogP) is 18.6. The average Bonchev–Trinajstić information content (AvgIpc) is 4.29. The molecule has 13 aromatic rings. The van der Waals surface area contributed by atoms with Gasteiger partial charge in [0.1, 0.15) is 17.3 Å². The number of fused-ring (bicyclic) bond motifs is 7. The number of aromatic nitrogens is 5. The van der Waals surface area contributed by atoms with E-state index in [1.54, 1.807) is 0 Å². The van der Waals surface area contributed by atoms with Crippen molar-refractivity contribution in [3.63, 3.8) is 0 Å². The van der Waals surface area contributed by atoms with Crippen molar-refractivity contribution < 1.29 is 9.30 Å². The number of hydrogen-bond acceptors (Lipinski definition) is 2. The van der Waals surface area contributed by atoms with Crippen LogP contribution in [0.5, 0.6) is 11.5 Å². The standard InChI is InChI=1S/C73H65N5O/c1-71(2,3)46-48-37-38-74-69(39-48)78-65-36-33-54(77-63-29-15-13-25-59(63)60-26-14-16-30-64(60)77)44-62(65)61-35-34-56(45-68(61)78)79-55-24-19-23-53(43-55)75-47-76(67-32-18-17-31-66(67)75)70-57(49-21-11-10-12-22-49)27-20-28-58(70)50-40-51(72(4,5)6)42-52(41-50)73(7,8)9/h10-45H,46H2,1-9H3. The molecular weight excluding hydrogens is 963 g/mol. The quantitative estimate of drug-likeness (QED) is 0.107. The molecule has 79 heavy (non-hydrogen) atoms. The minimum atomic E-state index is -0.0475. The molecule has 0 radical (unpaired) electrons. The van der Waals surface area contributed by atoms with Crippen LogP contribution in [0, 0.1) is 11.7 Å². The summed E-state index contributed by atoms with van der Waals surface area (Å²) < 4.78 is 16.1. The molecule has 6 heteroatoms. The van der Waals surface area contributed by atoms with E-state index < -0.39 is 0 Å². The fourth-order valence-electron chi connectivity index (χ4n) is 11.7. The van der Waals surface area contributed by atoms with E-state index in [0.717, 1.165) is 90.3 Å². The Balaban J connectivity index is 0.941. The zero-order valence-corrected chi connectivity index (χ0v) is 46.6. The molecule has 0 N–H and O–H groups in total. The molecule has 0 spiro atoms. The summed E-state index contributed by atoms with van der Waals surface area (Å²) in [5, 5.41) is 4.74. The highest BCUT2D eigenvalue weighted by Crippen LogP contribution is 2.42. The van der Waals surface area contributed by atoms with E-state index in [1.165, 1.54) is 44.1 Å². The molecule has 0 atom stereocenters. The number of rotatable bonds is 9. The zero-order valence-electron chi connectivity index (χ0n) is 46.6. The van der Waals surface area contributed by atoms with Crippen molar-refractivity contribution in [2.24, 2.45) is 5.41 Å². The molecule has 0 aliphatic rings. The molecule has 4 aromatic heterocycles. The molecule has 13 rings (SSSR count). The Morgan fingerprint density at radius 3 is 1.75 bits per heavy atom. The van der Waals surface area contributed by atoms with E-state index >= 15 is 0 Å². The van der Waals surface area contributed by atoms with Crippen LogP contribution in [-0.2, 0) is 17.3 Å². The molecule has 0 amide bonds. The third-order valence-electron chi connectivity index (χ3n) is 15.5. The number of hydrogen-bond donors (Lipinski definition) is 0. The maximum Gasteiger partial charge on any atom is 0.269 e. The van der Waals surface area contributed by atoms with Crippen molar-refractivity contribution in [1.29, 1.82) is 0 Å². The second-order valence-electron chi connectivity index (χ2n) is 24.6. The Kier molecular flexibility index (Phi) is 11.8. The van der Waals surface area contributed by atoms with E-state index in [0.29, 0.717) is 0 Å². The Hall–Kier alpha value is -9.00. The van der Waals surface area contributed by atoms with Crippen LogP contribution < -0.4 is 9.30 Å². The summed E-state index contributed by atoms with van der Waals surface area (Å²) in [6.07, 6.45) is 6.79. The van der Waals surface area contributed by atoms with Crippen molar-refractivity contribution in [2.45, 2.75) is 79.6 Å². The summed E-state index contributed by atoms with van der Waals surface area (Å²) in [6, 6.07) is 76.7. The molecule has 0 saturated carbocycles. The molecule has 4 heterocycles. The van der Waals surface area contributed by atoms with Gasteiger partial charge in [-0.1, -0.05) is 196 Å². The average molecular weight is 1030 g/mol. The van der Waals surface area contributed by atoms with Gasteiger partial charge in [-0.05, 0) is 134 Å². The van der Waals surface area contributed by atoms with Crippen LogP contribution in [0.15, 0.2) is 219 Å². The molecule has 0 saturated heterocycles. The third-order valence-corrected chi connectivity index (χ3v) is 15.5. The lowest BCUT2D eigenvalue weighted by atomic mass is 9.78. The van der Waals surface area contributed by atoms with Gasteiger partial charge < -0.3 is 9.30 Å². The predicted molar refractivity (Wildman–Crippen MR) is 328 cm³/mol. The molecule has 0 bridgehead atoms. The lowest BCUT2D eigenvalue weighted by Crippen LogP contribution is -2.31. The van der Waals surface area contributed by atoms with Crippen LogP contribution in [0.1, 0.15) is 79.0 Å². The van der Waals surface area contributed by atoms with Crippen molar-refractivity contribution in [3.05, 3.63) is 242 Å². The molecule has 0 aliphatic carbocycles. The van der Waals surface area contributed by atoms with Crippen LogP contribution >= 0.6 is 0 Å². The van der Waals surface area contributed by atoms with Gasteiger partial charge in [0.15, 0.2) is 0 Å². The van der Waals surface area contributed by atoms with E-state index in [9.17, 15) is 0 Å². The van der Waals surface area contributed by atoms with Crippen LogP contribution in [0.3, 0.4) is 0 Å². The van der Waals surface area contributed by atoms with Crippen molar-refractivity contribution >= 4 is 54.6 Å². The number of pyridine rings is 1. The van der Waals surface area contributed by atoms with Gasteiger partial charge >= 0.3 is 0 Å². The van der Waals surface area contributed by atoms with E-state index in [1.807, 2.05) is 12.3 Å². The monoisotopic (exact) mass is 1030 g/mol. The van der Waals surface area contributed by atoms with Crippen LogP contribution in [-0.4, -0.2) is 18.7 Å². The molecule has 0 fully saturated rings. The van der Waals surface area contributed by atoms with Crippen molar-refractivity contribution in [2.75, 3.05) is 0 Å². The fraction of sp³-hybridized carbons (Fsp3) is 0.178. The summed E-state index contributed by atoms with van der Waals surface area (Å²) >= 11 is 0. The highest BCUT2D eigenvalue weighted by atomic mass is 16.5. The van der Waals surface area contributed by atoms with Gasteiger partial charge in [-0.2, -0.15) is 0 Å². The summed E-state index contributed by atoms with van der Waals surface area (Å²) in [4.78, 5) is 5.05. The molecule has 388 valence electrons. The SMILES string of the molecule is CC(C)(C)Cc1ccnc(-n2c3ccc(-n4c5ccccc5c5ccccc54)cc3c3ccc(Oc4cccc(-n5[c-][n+](-c6c(-c7ccccc7)cccc6-c6cc(C(C)(C)C)cc(C(C)(C)C)c6)c6ccccc65)c4)cc32)c1. The smallest absolute Gasteiger partial charge is 0.269 e. The first kappa shape index (κ1) is 49.6. The molecule has 0 aliphatic heterocycles. The maximum atomic E-state index is 6.97. The van der Waals surface area contributed by atoms with E-state index in [2.05, 4.69) is 293 Å². The van der Waals surface area contributed by atoms with Gasteiger partial charge in [0, 0.05) is 39.5 Å². The normalized spacial score (nSPS) is 12.4. The van der Waals surface area contributed by atoms with Gasteiger partial charge in [-0.3, -0.25) is 13.7 Å². The summed E-state index contributed by atoms with van der Waals surface area (Å²) in [6.45, 7) is 20.7. The highest BCUT2D eigenvalue weighted by Gasteiger charge is 2.26. The third kappa shape index (κ3) is 9.05. The van der Waals surface area contributed by atoms with Crippen molar-refractivity contribution in [3.8, 4) is 56.6 Å². The topological polar surface area (TPSA) is 40.8 Å². The summed E-state index contributed by atoms with van der Waals surface area (Å²) in [5.74, 6) is 2.32. The second-order valence-corrected chi connectivity index (χ2v) is 24.6. The summed E-state index contributed by atoms with van der Waals surface area (Å²) in [7, 11) is 0. The largest absolute Gasteiger partial charge is 0.458 e. The molecule has 0 unspecified atom stereocenters. The Bertz CT molecular complexity index is 4410. The minimum absolute atomic E-state index is 0.0475. The van der Waals surface area contributed by atoms with Gasteiger partial charge in [0.25, 0.3) is 6.33 Å². The number of imidazole rings is 1. The fourth-order valence-corrected chi connectivity index (χ4v) is 11.7. The highest BCUT2D eigenvalue weighted by molar-refractivity contribution is 6.12. The van der Waals surface area contributed by atoms with Gasteiger partial charge in [-0.15, -0.1) is 0 Å². The lowest BCUT2D eigenvalue weighted by Gasteiger charge is -2.27. The molecule has 9 aromatic carbocycles. The van der Waals surface area contributed by atoms with Crippen LogP contribution in [0.4, 0.5) is 0 Å². The van der Waals surface area contributed by atoms with Crippen LogP contribution in [0.2, 0.25) is 0 Å². The maximum absolute atomic E-state index is 6.97. The number of ether oxygens (including phenoxy) is 1. The Morgan fingerprint density at radius 1 is 0.443 bits per heavy atom. The van der Waals surface area contributed by atoms with Gasteiger partial charge in [0.05, 0.1) is 44.5 Å². The summed E-state index contributed by atoms with van der Waals surface area (Å²) in [5.41, 5.74) is 18.1. The first-order valence-corrected chi connectivity index (χ1v) is 27.6. The minimum Gasteiger partial charge on any atom is -0.458 e. The number of benzene rings is 9.